The molecule has 7 heteroatoms. The van der Waals surface area contributed by atoms with Crippen LogP contribution < -0.4 is 0 Å². The van der Waals surface area contributed by atoms with Gasteiger partial charge in [0.15, 0.2) is 0 Å². The first-order chi connectivity index (χ1) is 15.5. The predicted molar refractivity (Wildman–Crippen MR) is 124 cm³/mol. The molecule has 2 fully saturated rings. The molecule has 1 heterocycles. The molecule has 0 aromatic heterocycles. The van der Waals surface area contributed by atoms with Crippen LogP contribution in [-0.4, -0.2) is 31.5 Å². The highest BCUT2D eigenvalue weighted by Crippen LogP contribution is 2.40. The van der Waals surface area contributed by atoms with Gasteiger partial charge in [0.2, 0.25) is 10.0 Å². The van der Waals surface area contributed by atoms with Gasteiger partial charge in [0.1, 0.15) is 12.4 Å². The Kier molecular flexibility index (Phi) is 7.26. The first-order valence-corrected chi connectivity index (χ1v) is 13.0. The van der Waals surface area contributed by atoms with Crippen LogP contribution in [0.3, 0.4) is 0 Å². The molecule has 0 amide bonds. The summed E-state index contributed by atoms with van der Waals surface area (Å²) in [6.07, 6.45) is 6.48. The lowest BCUT2D eigenvalue weighted by atomic mass is 10.1. The molecule has 1 aliphatic heterocycles. The lowest BCUT2D eigenvalue weighted by Gasteiger charge is -2.26. The maximum atomic E-state index is 14.2. The molecule has 1 saturated carbocycles. The zero-order valence-electron chi connectivity index (χ0n) is 18.6. The SMILES string of the molecule is CCCCc1ccc(S(=O)(=O)N2CCC(=NOCc3ccc(C4CC4)cc3F)CC2)cc1. The van der Waals surface area contributed by atoms with E-state index in [1.807, 2.05) is 18.2 Å². The number of sulfonamides is 1. The molecule has 0 N–H and O–H groups in total. The molecule has 32 heavy (non-hydrogen) atoms. The average Bonchev–Trinajstić information content (AvgIpc) is 3.65. The van der Waals surface area contributed by atoms with Gasteiger partial charge in [-0.05, 0) is 60.9 Å². The molecule has 1 aliphatic carbocycles. The highest BCUT2D eigenvalue weighted by Gasteiger charge is 2.28. The molecule has 0 spiro atoms. The van der Waals surface area contributed by atoms with E-state index in [9.17, 15) is 12.8 Å². The van der Waals surface area contributed by atoms with Crippen LogP contribution in [0.5, 0.6) is 0 Å². The van der Waals surface area contributed by atoms with Crippen LogP contribution in [0.1, 0.15) is 68.1 Å². The summed E-state index contributed by atoms with van der Waals surface area (Å²) in [7, 11) is -3.51. The summed E-state index contributed by atoms with van der Waals surface area (Å²) in [5.74, 6) is 0.261. The van der Waals surface area contributed by atoms with Gasteiger partial charge in [0.05, 0.1) is 10.6 Å². The summed E-state index contributed by atoms with van der Waals surface area (Å²) in [4.78, 5) is 5.72. The number of halogens is 1. The van der Waals surface area contributed by atoms with E-state index >= 15 is 0 Å². The van der Waals surface area contributed by atoms with E-state index in [1.54, 1.807) is 24.3 Å². The van der Waals surface area contributed by atoms with Crippen molar-refractivity contribution in [2.24, 2.45) is 5.16 Å². The van der Waals surface area contributed by atoms with Gasteiger partial charge in [0, 0.05) is 31.5 Å². The lowest BCUT2D eigenvalue weighted by molar-refractivity contribution is 0.125. The Labute approximate surface area is 190 Å². The third-order valence-electron chi connectivity index (χ3n) is 6.22. The number of hydrogen-bond acceptors (Lipinski definition) is 4. The Bertz CT molecular complexity index is 1050. The van der Waals surface area contributed by atoms with Crippen molar-refractivity contribution in [2.75, 3.05) is 13.1 Å². The molecule has 1 saturated heterocycles. The van der Waals surface area contributed by atoms with Gasteiger partial charge < -0.3 is 4.84 Å². The molecular weight excluding hydrogens is 427 g/mol. The number of aryl methyl sites for hydroxylation is 1. The first kappa shape index (κ1) is 22.9. The number of unbranched alkanes of at least 4 members (excludes halogenated alkanes) is 1. The van der Waals surface area contributed by atoms with Gasteiger partial charge in [-0.15, -0.1) is 0 Å². The third-order valence-corrected chi connectivity index (χ3v) is 8.13. The molecule has 0 unspecified atom stereocenters. The summed E-state index contributed by atoms with van der Waals surface area (Å²) in [6.45, 7) is 2.95. The first-order valence-electron chi connectivity index (χ1n) is 11.5. The summed E-state index contributed by atoms with van der Waals surface area (Å²) < 4.78 is 41.6. The third kappa shape index (κ3) is 5.56. The molecule has 0 atom stereocenters. The fourth-order valence-electron chi connectivity index (χ4n) is 3.98. The van der Waals surface area contributed by atoms with E-state index in [1.165, 1.54) is 4.31 Å². The summed E-state index contributed by atoms with van der Waals surface area (Å²) >= 11 is 0. The Morgan fingerprint density at radius 2 is 1.81 bits per heavy atom. The van der Waals surface area contributed by atoms with Crippen molar-refractivity contribution >= 4 is 15.7 Å². The average molecular weight is 459 g/mol. The van der Waals surface area contributed by atoms with Gasteiger partial charge in [-0.3, -0.25) is 0 Å². The van der Waals surface area contributed by atoms with Crippen molar-refractivity contribution in [1.29, 1.82) is 0 Å². The molecular formula is C25H31FN2O3S. The molecule has 2 aliphatic rings. The van der Waals surface area contributed by atoms with Gasteiger partial charge in [-0.2, -0.15) is 4.31 Å². The molecule has 2 aromatic carbocycles. The van der Waals surface area contributed by atoms with Crippen LogP contribution >= 0.6 is 0 Å². The normalized spacial score (nSPS) is 17.4. The van der Waals surface area contributed by atoms with Crippen LogP contribution in [0.4, 0.5) is 4.39 Å². The van der Waals surface area contributed by atoms with Crippen molar-refractivity contribution in [3.8, 4) is 0 Å². The van der Waals surface area contributed by atoms with Gasteiger partial charge in [-0.1, -0.05) is 42.8 Å². The molecule has 0 bridgehead atoms. The Hall–Kier alpha value is -2.25. The molecule has 2 aromatic rings. The van der Waals surface area contributed by atoms with Gasteiger partial charge >= 0.3 is 0 Å². The molecule has 4 rings (SSSR count). The van der Waals surface area contributed by atoms with E-state index in [0.717, 1.165) is 48.9 Å². The van der Waals surface area contributed by atoms with E-state index in [4.69, 9.17) is 4.84 Å². The number of benzene rings is 2. The summed E-state index contributed by atoms with van der Waals surface area (Å²) in [5, 5.41) is 4.15. The lowest BCUT2D eigenvalue weighted by Crippen LogP contribution is -2.38. The minimum Gasteiger partial charge on any atom is -0.391 e. The van der Waals surface area contributed by atoms with Gasteiger partial charge in [0.25, 0.3) is 0 Å². The van der Waals surface area contributed by atoms with Crippen LogP contribution in [-0.2, 0) is 27.9 Å². The second kappa shape index (κ2) is 10.1. The zero-order chi connectivity index (χ0) is 22.6. The summed E-state index contributed by atoms with van der Waals surface area (Å²) in [5.41, 5.74) is 3.51. The van der Waals surface area contributed by atoms with E-state index in [2.05, 4.69) is 12.1 Å². The second-order valence-electron chi connectivity index (χ2n) is 8.71. The minimum atomic E-state index is -3.51. The number of oxime groups is 1. The van der Waals surface area contributed by atoms with Crippen LogP contribution in [0.15, 0.2) is 52.5 Å². The fraction of sp³-hybridized carbons (Fsp3) is 0.480. The number of piperidine rings is 1. The molecule has 0 radical (unpaired) electrons. The maximum Gasteiger partial charge on any atom is 0.243 e. The highest BCUT2D eigenvalue weighted by atomic mass is 32.2. The second-order valence-corrected chi connectivity index (χ2v) is 10.6. The Balaban J connectivity index is 1.29. The number of rotatable bonds is 9. The Morgan fingerprint density at radius 1 is 1.09 bits per heavy atom. The van der Waals surface area contributed by atoms with Crippen LogP contribution in [0, 0.1) is 5.82 Å². The van der Waals surface area contributed by atoms with E-state index < -0.39 is 10.0 Å². The quantitative estimate of drug-likeness (QED) is 0.473. The van der Waals surface area contributed by atoms with Crippen molar-refractivity contribution in [2.45, 2.75) is 69.3 Å². The van der Waals surface area contributed by atoms with Crippen molar-refractivity contribution in [1.82, 2.24) is 4.31 Å². The Morgan fingerprint density at radius 3 is 2.44 bits per heavy atom. The van der Waals surface area contributed by atoms with E-state index in [-0.39, 0.29) is 12.4 Å². The minimum absolute atomic E-state index is 0.0761. The monoisotopic (exact) mass is 458 g/mol. The molecule has 172 valence electrons. The van der Waals surface area contributed by atoms with E-state index in [0.29, 0.717) is 42.3 Å². The smallest absolute Gasteiger partial charge is 0.243 e. The van der Waals surface area contributed by atoms with Crippen LogP contribution in [0.2, 0.25) is 0 Å². The van der Waals surface area contributed by atoms with Crippen molar-refractivity contribution < 1.29 is 17.6 Å². The van der Waals surface area contributed by atoms with Crippen molar-refractivity contribution in [3.63, 3.8) is 0 Å². The fourth-order valence-corrected chi connectivity index (χ4v) is 5.42. The molecule has 5 nitrogen and oxygen atoms in total. The number of nitrogens with zero attached hydrogens (tertiary/aromatic N) is 2. The standard InChI is InChI=1S/C25H31FN2O3S/c1-2-3-4-19-5-11-24(12-6-19)32(29,30)28-15-13-23(14-16-28)27-31-18-22-10-9-21(17-25(22)26)20-7-8-20/h5-6,9-12,17,20H,2-4,7-8,13-16,18H2,1H3. The largest absolute Gasteiger partial charge is 0.391 e. The van der Waals surface area contributed by atoms with Gasteiger partial charge in [-0.25, -0.2) is 12.8 Å². The summed E-state index contributed by atoms with van der Waals surface area (Å²) in [6, 6.07) is 12.6. The predicted octanol–water partition coefficient (Wildman–Crippen LogP) is 5.40. The topological polar surface area (TPSA) is 59.0 Å². The maximum absolute atomic E-state index is 14.2. The van der Waals surface area contributed by atoms with Crippen molar-refractivity contribution in [3.05, 3.63) is 65.0 Å². The zero-order valence-corrected chi connectivity index (χ0v) is 19.4. The van der Waals surface area contributed by atoms with Crippen LogP contribution in [0.25, 0.3) is 0 Å². The highest BCUT2D eigenvalue weighted by molar-refractivity contribution is 7.89. The number of hydrogen-bond donors (Lipinski definition) is 0.